The van der Waals surface area contributed by atoms with Gasteiger partial charge >= 0.3 is 0 Å². The van der Waals surface area contributed by atoms with E-state index in [1.165, 1.54) is 0 Å². The number of hydrogen-bond donors (Lipinski definition) is 2. The third kappa shape index (κ3) is 5.29. The van der Waals surface area contributed by atoms with Crippen molar-refractivity contribution < 1.29 is 8.42 Å². The number of rotatable bonds is 6. The predicted molar refractivity (Wildman–Crippen MR) is 96.1 cm³/mol. The number of hydrogen-bond acceptors (Lipinski definition) is 5. The summed E-state index contributed by atoms with van der Waals surface area (Å²) in [5, 5.41) is 6.33. The van der Waals surface area contributed by atoms with Crippen LogP contribution in [0.4, 0.5) is 5.82 Å². The van der Waals surface area contributed by atoms with Gasteiger partial charge in [0.15, 0.2) is 5.11 Å². The molecular weight excluding hydrogens is 334 g/mol. The second-order valence-electron chi connectivity index (χ2n) is 5.18. The van der Waals surface area contributed by atoms with E-state index in [9.17, 15) is 8.42 Å². The topological polar surface area (TPSA) is 77.6 Å². The minimum Gasteiger partial charge on any atom is -0.363 e. The molecule has 1 fully saturated rings. The fraction of sp³-hybridized carbons (Fsp3) is 0.571. The molecule has 0 radical (unpaired) electrons. The lowest BCUT2D eigenvalue weighted by molar-refractivity contribution is 0.384. The molecule has 0 aliphatic carbocycles. The van der Waals surface area contributed by atoms with E-state index in [0.717, 1.165) is 5.82 Å². The highest BCUT2D eigenvalue weighted by Crippen LogP contribution is 2.14. The van der Waals surface area contributed by atoms with Crippen molar-refractivity contribution in [3.8, 4) is 0 Å². The molecule has 0 aromatic carbocycles. The standard InChI is InChI=1S/C14H23N5O2S2/c1-2-15-14(22)17-7-12-23(20,21)19-10-8-18(9-11-19)13-5-3-4-6-16-13/h3-6H,2,7-12H2,1H3,(H2,15,17,22). The molecule has 1 aromatic rings. The molecule has 2 N–H and O–H groups in total. The molecule has 1 aromatic heterocycles. The maximum Gasteiger partial charge on any atom is 0.215 e. The highest BCUT2D eigenvalue weighted by atomic mass is 32.2. The molecule has 2 heterocycles. The summed E-state index contributed by atoms with van der Waals surface area (Å²) >= 11 is 5.02. The summed E-state index contributed by atoms with van der Waals surface area (Å²) in [5.74, 6) is 0.935. The van der Waals surface area contributed by atoms with Crippen LogP contribution in [0.25, 0.3) is 0 Å². The largest absolute Gasteiger partial charge is 0.363 e. The molecule has 0 spiro atoms. The van der Waals surface area contributed by atoms with Crippen LogP contribution in [0.15, 0.2) is 24.4 Å². The molecule has 0 atom stereocenters. The van der Waals surface area contributed by atoms with Gasteiger partial charge in [-0.05, 0) is 31.3 Å². The van der Waals surface area contributed by atoms with Gasteiger partial charge in [-0.2, -0.15) is 4.31 Å². The molecule has 128 valence electrons. The van der Waals surface area contributed by atoms with Gasteiger partial charge in [0.05, 0.1) is 5.75 Å². The average Bonchev–Trinajstić information content (AvgIpc) is 2.56. The third-order valence-corrected chi connectivity index (χ3v) is 5.75. The number of piperazine rings is 1. The van der Waals surface area contributed by atoms with E-state index in [0.29, 0.717) is 44.4 Å². The summed E-state index contributed by atoms with van der Waals surface area (Å²) in [6.07, 6.45) is 1.75. The number of sulfonamides is 1. The maximum absolute atomic E-state index is 12.4. The maximum atomic E-state index is 12.4. The van der Waals surface area contributed by atoms with Crippen LogP contribution in [0.2, 0.25) is 0 Å². The van der Waals surface area contributed by atoms with Crippen molar-refractivity contribution >= 4 is 33.2 Å². The SMILES string of the molecule is CCNC(=S)NCCS(=O)(=O)N1CCN(c2ccccn2)CC1. The van der Waals surface area contributed by atoms with Gasteiger partial charge in [-0.1, -0.05) is 6.07 Å². The van der Waals surface area contributed by atoms with Crippen LogP contribution in [0.1, 0.15) is 6.92 Å². The molecular formula is C14H23N5O2S2. The van der Waals surface area contributed by atoms with Gasteiger partial charge in [0.1, 0.15) is 5.82 Å². The third-order valence-electron chi connectivity index (χ3n) is 3.59. The fourth-order valence-corrected chi connectivity index (χ4v) is 3.97. The predicted octanol–water partition coefficient (Wildman–Crippen LogP) is 0.0174. The Morgan fingerprint density at radius 2 is 2.00 bits per heavy atom. The van der Waals surface area contributed by atoms with Gasteiger partial charge < -0.3 is 15.5 Å². The Morgan fingerprint density at radius 3 is 2.61 bits per heavy atom. The number of pyridine rings is 1. The lowest BCUT2D eigenvalue weighted by Crippen LogP contribution is -2.50. The van der Waals surface area contributed by atoms with Crippen molar-refractivity contribution in [3.63, 3.8) is 0 Å². The molecule has 0 bridgehead atoms. The van der Waals surface area contributed by atoms with Crippen molar-refractivity contribution in [2.45, 2.75) is 6.92 Å². The van der Waals surface area contributed by atoms with Gasteiger partial charge in [-0.3, -0.25) is 0 Å². The van der Waals surface area contributed by atoms with Crippen molar-refractivity contribution in [2.75, 3.05) is 49.9 Å². The minimum atomic E-state index is -3.26. The van der Waals surface area contributed by atoms with Gasteiger partial charge in [0.2, 0.25) is 10.0 Å². The Bertz CT molecular complexity index is 601. The van der Waals surface area contributed by atoms with E-state index in [2.05, 4.69) is 20.5 Å². The Balaban J connectivity index is 1.80. The van der Waals surface area contributed by atoms with Crippen molar-refractivity contribution in [1.29, 1.82) is 0 Å². The number of anilines is 1. The molecule has 7 nitrogen and oxygen atoms in total. The highest BCUT2D eigenvalue weighted by Gasteiger charge is 2.26. The van der Waals surface area contributed by atoms with E-state index in [-0.39, 0.29) is 5.75 Å². The van der Waals surface area contributed by atoms with Crippen LogP contribution in [-0.2, 0) is 10.0 Å². The summed E-state index contributed by atoms with van der Waals surface area (Å²) < 4.78 is 26.3. The van der Waals surface area contributed by atoms with Crippen LogP contribution in [0, 0.1) is 0 Å². The lowest BCUT2D eigenvalue weighted by Gasteiger charge is -2.34. The first kappa shape index (κ1) is 17.9. The van der Waals surface area contributed by atoms with Crippen LogP contribution in [-0.4, -0.2) is 67.8 Å². The van der Waals surface area contributed by atoms with E-state index >= 15 is 0 Å². The fourth-order valence-electron chi connectivity index (χ4n) is 2.38. The molecule has 1 aliphatic heterocycles. The van der Waals surface area contributed by atoms with Crippen molar-refractivity contribution in [3.05, 3.63) is 24.4 Å². The zero-order valence-electron chi connectivity index (χ0n) is 13.2. The zero-order valence-corrected chi connectivity index (χ0v) is 14.9. The van der Waals surface area contributed by atoms with Gasteiger partial charge in [-0.25, -0.2) is 13.4 Å². The first-order chi connectivity index (χ1) is 11.0. The smallest absolute Gasteiger partial charge is 0.215 e. The number of aromatic nitrogens is 1. The van der Waals surface area contributed by atoms with E-state index in [1.807, 2.05) is 25.1 Å². The number of nitrogens with one attached hydrogen (secondary N) is 2. The van der Waals surface area contributed by atoms with Crippen molar-refractivity contribution in [1.82, 2.24) is 19.9 Å². The number of thiocarbonyl (C=S) groups is 1. The summed E-state index contributed by atoms with van der Waals surface area (Å²) in [6, 6.07) is 5.75. The van der Waals surface area contributed by atoms with Crippen molar-refractivity contribution in [2.24, 2.45) is 0 Å². The van der Waals surface area contributed by atoms with Crippen LogP contribution < -0.4 is 15.5 Å². The lowest BCUT2D eigenvalue weighted by atomic mass is 10.3. The molecule has 0 amide bonds. The van der Waals surface area contributed by atoms with Crippen LogP contribution in [0.3, 0.4) is 0 Å². The zero-order chi connectivity index (χ0) is 16.7. The Kier molecular flexibility index (Phi) is 6.55. The highest BCUT2D eigenvalue weighted by molar-refractivity contribution is 7.89. The second-order valence-corrected chi connectivity index (χ2v) is 7.67. The number of nitrogens with zero attached hydrogens (tertiary/aromatic N) is 3. The molecule has 23 heavy (non-hydrogen) atoms. The molecule has 1 aliphatic rings. The van der Waals surface area contributed by atoms with E-state index < -0.39 is 10.0 Å². The molecule has 0 unspecified atom stereocenters. The van der Waals surface area contributed by atoms with Gasteiger partial charge in [0.25, 0.3) is 0 Å². The normalized spacial score (nSPS) is 16.1. The minimum absolute atomic E-state index is 0.0438. The average molecular weight is 358 g/mol. The summed E-state index contributed by atoms with van der Waals surface area (Å²) in [7, 11) is -3.26. The first-order valence-corrected chi connectivity index (χ1v) is 9.70. The monoisotopic (exact) mass is 357 g/mol. The van der Waals surface area contributed by atoms with Gasteiger partial charge in [-0.15, -0.1) is 0 Å². The first-order valence-electron chi connectivity index (χ1n) is 7.68. The Hall–Kier alpha value is -1.45. The second kappa shape index (κ2) is 8.42. The summed E-state index contributed by atoms with van der Waals surface area (Å²) in [5.41, 5.74) is 0. The quantitative estimate of drug-likeness (QED) is 0.695. The summed E-state index contributed by atoms with van der Waals surface area (Å²) in [4.78, 5) is 6.40. The van der Waals surface area contributed by atoms with Crippen LogP contribution in [0.5, 0.6) is 0 Å². The van der Waals surface area contributed by atoms with E-state index in [1.54, 1.807) is 10.5 Å². The molecule has 0 saturated carbocycles. The Labute approximate surface area is 143 Å². The molecule has 2 rings (SSSR count). The summed E-state index contributed by atoms with van der Waals surface area (Å²) in [6.45, 7) is 5.24. The van der Waals surface area contributed by atoms with E-state index in [4.69, 9.17) is 12.2 Å². The molecule has 9 heteroatoms. The van der Waals surface area contributed by atoms with Gasteiger partial charge in [0, 0.05) is 45.5 Å². The van der Waals surface area contributed by atoms with Crippen LogP contribution >= 0.6 is 12.2 Å². The molecule has 1 saturated heterocycles. The Morgan fingerprint density at radius 1 is 1.26 bits per heavy atom.